The fourth-order valence-electron chi connectivity index (χ4n) is 2.42. The molecule has 6 heteroatoms. The number of nitrogens with zero attached hydrogens (tertiary/aromatic N) is 1. The highest BCUT2D eigenvalue weighted by molar-refractivity contribution is 7.89. The Labute approximate surface area is 114 Å². The maximum Gasteiger partial charge on any atom is 0.243 e. The van der Waals surface area contributed by atoms with Gasteiger partial charge in [-0.2, -0.15) is 4.31 Å². The van der Waals surface area contributed by atoms with Gasteiger partial charge in [0.2, 0.25) is 10.0 Å². The van der Waals surface area contributed by atoms with E-state index >= 15 is 0 Å². The van der Waals surface area contributed by atoms with E-state index in [2.05, 4.69) is 5.32 Å². The number of sulfonamides is 1. The predicted octanol–water partition coefficient (Wildman–Crippen LogP) is 0.906. The molecule has 1 aliphatic rings. The summed E-state index contributed by atoms with van der Waals surface area (Å²) in [5, 5.41) is 3.15. The molecule has 1 N–H and O–H groups in total. The third-order valence-corrected chi connectivity index (χ3v) is 5.23. The highest BCUT2D eigenvalue weighted by Crippen LogP contribution is 2.28. The second-order valence-corrected chi connectivity index (χ2v) is 6.68. The molecular weight excluding hydrogens is 264 g/mol. The number of hydrogen-bond acceptors (Lipinski definition) is 4. The van der Waals surface area contributed by atoms with E-state index in [0.717, 1.165) is 16.9 Å². The van der Waals surface area contributed by atoms with Crippen LogP contribution in [0.2, 0.25) is 0 Å². The van der Waals surface area contributed by atoms with E-state index < -0.39 is 10.0 Å². The van der Waals surface area contributed by atoms with Crippen LogP contribution in [-0.4, -0.2) is 46.0 Å². The summed E-state index contributed by atoms with van der Waals surface area (Å²) in [5.74, 6) is 0.749. The maximum absolute atomic E-state index is 12.5. The normalized spacial score (nSPS) is 17.4. The molecule has 0 aliphatic carbocycles. The lowest BCUT2D eigenvalue weighted by Gasteiger charge is -2.27. The Balaban J connectivity index is 2.40. The standard InChI is InChI=1S/C13H20N2O3S/c1-10-8-12(9-11(2)13(10)18-3)19(16,17)15-6-4-14-5-7-15/h8-9,14H,4-7H2,1-3H3. The molecule has 0 spiro atoms. The number of ether oxygens (including phenoxy) is 1. The first-order valence-corrected chi connectivity index (χ1v) is 7.77. The minimum absolute atomic E-state index is 0.352. The zero-order chi connectivity index (χ0) is 14.0. The van der Waals surface area contributed by atoms with Crippen molar-refractivity contribution in [3.63, 3.8) is 0 Å². The molecule has 1 fully saturated rings. The Morgan fingerprint density at radius 2 is 1.68 bits per heavy atom. The maximum atomic E-state index is 12.5. The van der Waals surface area contributed by atoms with Gasteiger partial charge >= 0.3 is 0 Å². The lowest BCUT2D eigenvalue weighted by atomic mass is 10.1. The first-order chi connectivity index (χ1) is 8.96. The molecule has 0 unspecified atom stereocenters. The van der Waals surface area contributed by atoms with Crippen LogP contribution in [0.5, 0.6) is 5.75 Å². The van der Waals surface area contributed by atoms with Crippen LogP contribution in [0.3, 0.4) is 0 Å². The molecule has 1 aromatic carbocycles. The highest BCUT2D eigenvalue weighted by atomic mass is 32.2. The number of piperazine rings is 1. The third kappa shape index (κ3) is 2.75. The minimum atomic E-state index is -3.39. The fourth-order valence-corrected chi connectivity index (χ4v) is 4.03. The molecule has 0 atom stereocenters. The van der Waals surface area contributed by atoms with Gasteiger partial charge in [-0.25, -0.2) is 8.42 Å². The van der Waals surface area contributed by atoms with Crippen molar-refractivity contribution in [2.24, 2.45) is 0 Å². The van der Waals surface area contributed by atoms with Gasteiger partial charge < -0.3 is 10.1 Å². The number of hydrogen-bond donors (Lipinski definition) is 1. The van der Waals surface area contributed by atoms with Crippen LogP contribution in [0.15, 0.2) is 17.0 Å². The Morgan fingerprint density at radius 1 is 1.16 bits per heavy atom. The quantitative estimate of drug-likeness (QED) is 0.896. The molecule has 2 rings (SSSR count). The lowest BCUT2D eigenvalue weighted by molar-refractivity contribution is 0.360. The summed E-state index contributed by atoms with van der Waals surface area (Å²) in [4.78, 5) is 0.352. The number of aryl methyl sites for hydroxylation is 2. The summed E-state index contributed by atoms with van der Waals surface area (Å²) in [6.45, 7) is 6.17. The SMILES string of the molecule is COc1c(C)cc(S(=O)(=O)N2CCNCC2)cc1C. The zero-order valence-electron chi connectivity index (χ0n) is 11.6. The second kappa shape index (κ2) is 5.48. The van der Waals surface area contributed by atoms with Crippen LogP contribution in [-0.2, 0) is 10.0 Å². The predicted molar refractivity (Wildman–Crippen MR) is 74.1 cm³/mol. The molecule has 1 aliphatic heterocycles. The third-order valence-electron chi connectivity index (χ3n) is 3.35. The summed E-state index contributed by atoms with van der Waals surface area (Å²) in [6.07, 6.45) is 0. The van der Waals surface area contributed by atoms with E-state index in [1.165, 1.54) is 4.31 Å². The van der Waals surface area contributed by atoms with Gasteiger partial charge in [-0.15, -0.1) is 0 Å². The van der Waals surface area contributed by atoms with Gasteiger partial charge in [0.15, 0.2) is 0 Å². The lowest BCUT2D eigenvalue weighted by Crippen LogP contribution is -2.46. The largest absolute Gasteiger partial charge is 0.496 e. The van der Waals surface area contributed by atoms with Crippen LogP contribution in [0.4, 0.5) is 0 Å². The minimum Gasteiger partial charge on any atom is -0.496 e. The summed E-state index contributed by atoms with van der Waals surface area (Å²) in [5.41, 5.74) is 1.69. The number of rotatable bonds is 3. The summed E-state index contributed by atoms with van der Waals surface area (Å²) < 4.78 is 31.9. The summed E-state index contributed by atoms with van der Waals surface area (Å²) in [6, 6.07) is 3.37. The van der Waals surface area contributed by atoms with E-state index in [1.807, 2.05) is 13.8 Å². The smallest absolute Gasteiger partial charge is 0.243 e. The molecule has 1 aromatic rings. The molecule has 19 heavy (non-hydrogen) atoms. The second-order valence-electron chi connectivity index (χ2n) is 4.74. The Kier molecular flexibility index (Phi) is 4.13. The molecule has 0 saturated carbocycles. The van der Waals surface area contributed by atoms with Crippen molar-refractivity contribution in [3.05, 3.63) is 23.3 Å². The number of benzene rings is 1. The van der Waals surface area contributed by atoms with Gasteiger partial charge in [0.25, 0.3) is 0 Å². The van der Waals surface area contributed by atoms with Crippen molar-refractivity contribution in [1.82, 2.24) is 9.62 Å². The highest BCUT2D eigenvalue weighted by Gasteiger charge is 2.26. The van der Waals surface area contributed by atoms with Crippen LogP contribution >= 0.6 is 0 Å². The first kappa shape index (κ1) is 14.3. The van der Waals surface area contributed by atoms with Crippen molar-refractivity contribution >= 4 is 10.0 Å². The summed E-state index contributed by atoms with van der Waals surface area (Å²) >= 11 is 0. The van der Waals surface area contributed by atoms with Crippen LogP contribution in [0.1, 0.15) is 11.1 Å². The van der Waals surface area contributed by atoms with Gasteiger partial charge in [0.05, 0.1) is 12.0 Å². The molecular formula is C13H20N2O3S. The molecule has 106 valence electrons. The molecule has 0 bridgehead atoms. The zero-order valence-corrected chi connectivity index (χ0v) is 12.4. The molecule has 5 nitrogen and oxygen atoms in total. The van der Waals surface area contributed by atoms with Crippen molar-refractivity contribution in [1.29, 1.82) is 0 Å². The van der Waals surface area contributed by atoms with E-state index in [4.69, 9.17) is 4.74 Å². The number of nitrogens with one attached hydrogen (secondary N) is 1. The average molecular weight is 284 g/mol. The van der Waals surface area contributed by atoms with Crippen LogP contribution in [0.25, 0.3) is 0 Å². The molecule has 0 aromatic heterocycles. The monoisotopic (exact) mass is 284 g/mol. The van der Waals surface area contributed by atoms with Crippen molar-refractivity contribution in [2.75, 3.05) is 33.3 Å². The van der Waals surface area contributed by atoms with E-state index in [1.54, 1.807) is 19.2 Å². The molecule has 1 heterocycles. The van der Waals surface area contributed by atoms with Crippen molar-refractivity contribution in [3.8, 4) is 5.75 Å². The Bertz CT molecular complexity index is 540. The van der Waals surface area contributed by atoms with Crippen LogP contribution < -0.4 is 10.1 Å². The van der Waals surface area contributed by atoms with Gasteiger partial charge in [-0.3, -0.25) is 0 Å². The van der Waals surface area contributed by atoms with E-state index in [-0.39, 0.29) is 0 Å². The van der Waals surface area contributed by atoms with Gasteiger partial charge in [-0.05, 0) is 37.1 Å². The average Bonchev–Trinajstić information content (AvgIpc) is 2.39. The van der Waals surface area contributed by atoms with Gasteiger partial charge in [0, 0.05) is 26.2 Å². The fraction of sp³-hybridized carbons (Fsp3) is 0.538. The van der Waals surface area contributed by atoms with Crippen molar-refractivity contribution in [2.45, 2.75) is 18.7 Å². The first-order valence-electron chi connectivity index (χ1n) is 6.33. The summed E-state index contributed by atoms with van der Waals surface area (Å²) in [7, 11) is -1.80. The topological polar surface area (TPSA) is 58.6 Å². The van der Waals surface area contributed by atoms with E-state index in [0.29, 0.717) is 31.1 Å². The van der Waals surface area contributed by atoms with Gasteiger partial charge in [0.1, 0.15) is 5.75 Å². The number of methoxy groups -OCH3 is 1. The van der Waals surface area contributed by atoms with Crippen LogP contribution in [0, 0.1) is 13.8 Å². The molecule has 0 radical (unpaired) electrons. The van der Waals surface area contributed by atoms with E-state index in [9.17, 15) is 8.42 Å². The Hall–Kier alpha value is -1.11. The Morgan fingerprint density at radius 3 is 2.16 bits per heavy atom. The molecule has 0 amide bonds. The van der Waals surface area contributed by atoms with Crippen molar-refractivity contribution < 1.29 is 13.2 Å². The molecule has 1 saturated heterocycles. The van der Waals surface area contributed by atoms with Gasteiger partial charge in [-0.1, -0.05) is 0 Å².